The van der Waals surface area contributed by atoms with E-state index in [2.05, 4.69) is 32.9 Å². The van der Waals surface area contributed by atoms with Crippen LogP contribution in [0.3, 0.4) is 0 Å². The van der Waals surface area contributed by atoms with Crippen LogP contribution in [0.1, 0.15) is 355 Å². The Morgan fingerprint density at radius 2 is 0.478 bits per heavy atom. The molecule has 0 aliphatic rings. The zero-order chi connectivity index (χ0) is 50.0. The van der Waals surface area contributed by atoms with Crippen LogP contribution in [-0.4, -0.2) is 37.2 Å². The molecule has 0 aromatic rings. The van der Waals surface area contributed by atoms with Gasteiger partial charge in [-0.15, -0.1) is 0 Å². The van der Waals surface area contributed by atoms with Gasteiger partial charge in [0.25, 0.3) is 0 Å². The van der Waals surface area contributed by atoms with E-state index in [-0.39, 0.29) is 31.1 Å². The largest absolute Gasteiger partial charge is 0.462 e. The smallest absolute Gasteiger partial charge is 0.306 e. The Morgan fingerprint density at radius 3 is 0.725 bits per heavy atom. The highest BCUT2D eigenvalue weighted by Gasteiger charge is 2.19. The highest BCUT2D eigenvalue weighted by Crippen LogP contribution is 2.18. The van der Waals surface area contributed by atoms with E-state index in [1.54, 1.807) is 0 Å². The number of carbonyl (C=O) groups is 3. The summed E-state index contributed by atoms with van der Waals surface area (Å²) in [5.74, 6) is -0.845. The van der Waals surface area contributed by atoms with Crippen LogP contribution < -0.4 is 0 Å². The van der Waals surface area contributed by atoms with Gasteiger partial charge in [0.2, 0.25) is 0 Å². The van der Waals surface area contributed by atoms with Crippen molar-refractivity contribution in [3.63, 3.8) is 0 Å². The number of unbranched alkanes of at least 4 members (excludes halogenated alkanes) is 45. The minimum atomic E-state index is -0.763. The molecule has 0 N–H and O–H groups in total. The molecular weight excluding hydrogens is 853 g/mol. The lowest BCUT2D eigenvalue weighted by atomic mass is 10.0. The summed E-state index contributed by atoms with van der Waals surface area (Å²) in [6.45, 7) is 6.66. The summed E-state index contributed by atoms with van der Waals surface area (Å²) < 4.78 is 16.8. The summed E-state index contributed by atoms with van der Waals surface area (Å²) in [4.78, 5) is 38.0. The third-order valence-electron chi connectivity index (χ3n) is 14.3. The maximum absolute atomic E-state index is 12.8. The first-order chi connectivity index (χ1) is 34.0. The fraction of sp³-hybridized carbons (Fsp3) is 0.921. The van der Waals surface area contributed by atoms with Crippen LogP contribution in [0.2, 0.25) is 0 Å². The summed E-state index contributed by atoms with van der Waals surface area (Å²) in [7, 11) is 0. The van der Waals surface area contributed by atoms with Crippen molar-refractivity contribution in [3.8, 4) is 0 Å². The lowest BCUT2D eigenvalue weighted by Gasteiger charge is -2.18. The fourth-order valence-corrected chi connectivity index (χ4v) is 9.56. The zero-order valence-corrected chi connectivity index (χ0v) is 46.9. The Labute approximate surface area is 431 Å². The molecule has 6 heteroatoms. The highest BCUT2D eigenvalue weighted by atomic mass is 16.6. The van der Waals surface area contributed by atoms with Gasteiger partial charge in [-0.2, -0.15) is 0 Å². The monoisotopic (exact) mass is 973 g/mol. The molecule has 0 spiro atoms. The molecule has 0 bridgehead atoms. The SMILES string of the molecule is CCCCCCCCCC/C=C\CCCCCCCCCCCCCCCC(=O)OCC(COC(=O)CCCCCCCCC)OC(=O)CCCCCCCCCCCCCCCCCCCCC. The Hall–Kier alpha value is -1.85. The molecule has 408 valence electrons. The lowest BCUT2D eigenvalue weighted by molar-refractivity contribution is -0.167. The quantitative estimate of drug-likeness (QED) is 0.0261. The van der Waals surface area contributed by atoms with Gasteiger partial charge in [0.05, 0.1) is 0 Å². The number of allylic oxidation sites excluding steroid dienone is 2. The molecule has 0 saturated carbocycles. The van der Waals surface area contributed by atoms with Crippen molar-refractivity contribution < 1.29 is 28.6 Å². The number of hydrogen-bond acceptors (Lipinski definition) is 6. The predicted molar refractivity (Wildman–Crippen MR) is 298 cm³/mol. The summed E-state index contributed by atoms with van der Waals surface area (Å²) >= 11 is 0. The fourth-order valence-electron chi connectivity index (χ4n) is 9.56. The second-order valence-electron chi connectivity index (χ2n) is 21.3. The first-order valence-corrected chi connectivity index (χ1v) is 31.2. The minimum Gasteiger partial charge on any atom is -0.462 e. The maximum atomic E-state index is 12.8. The standard InChI is InChI=1S/C63H120O6/c1-4-7-10-13-16-18-20-22-24-26-28-29-30-31-32-33-35-36-38-40-42-44-47-50-53-56-62(65)68-59-60(58-67-61(64)55-52-49-46-15-12-9-6-3)69-63(66)57-54-51-48-45-43-41-39-37-34-27-25-23-21-19-17-14-11-8-5-2/h26,28,60H,4-25,27,29-59H2,1-3H3/b28-26-. The molecule has 0 aliphatic carbocycles. The molecule has 0 radical (unpaired) electrons. The number of ether oxygens (including phenoxy) is 3. The van der Waals surface area contributed by atoms with E-state index in [0.717, 1.165) is 57.8 Å². The molecule has 69 heavy (non-hydrogen) atoms. The van der Waals surface area contributed by atoms with E-state index in [4.69, 9.17) is 14.2 Å². The molecule has 6 nitrogen and oxygen atoms in total. The summed E-state index contributed by atoms with van der Waals surface area (Å²) in [6, 6.07) is 0. The van der Waals surface area contributed by atoms with Crippen LogP contribution in [0, 0.1) is 0 Å². The number of rotatable bonds is 58. The van der Waals surface area contributed by atoms with Gasteiger partial charge in [0.15, 0.2) is 6.10 Å². The molecule has 0 rings (SSSR count). The van der Waals surface area contributed by atoms with Crippen molar-refractivity contribution in [1.82, 2.24) is 0 Å². The van der Waals surface area contributed by atoms with Crippen LogP contribution >= 0.6 is 0 Å². The van der Waals surface area contributed by atoms with Crippen molar-refractivity contribution >= 4 is 17.9 Å². The molecule has 1 unspecified atom stereocenters. The van der Waals surface area contributed by atoms with Crippen molar-refractivity contribution in [1.29, 1.82) is 0 Å². The highest BCUT2D eigenvalue weighted by molar-refractivity contribution is 5.71. The van der Waals surface area contributed by atoms with E-state index in [1.807, 2.05) is 0 Å². The third-order valence-corrected chi connectivity index (χ3v) is 14.3. The summed E-state index contributed by atoms with van der Waals surface area (Å²) in [5, 5.41) is 0. The maximum Gasteiger partial charge on any atom is 0.306 e. The molecule has 0 amide bonds. The summed E-state index contributed by atoms with van der Waals surface area (Å²) in [6.07, 6.45) is 68.2. The molecule has 0 heterocycles. The van der Waals surface area contributed by atoms with E-state index in [0.29, 0.717) is 19.3 Å². The molecule has 0 aromatic carbocycles. The molecule has 0 fully saturated rings. The van der Waals surface area contributed by atoms with Gasteiger partial charge < -0.3 is 14.2 Å². The van der Waals surface area contributed by atoms with Crippen molar-refractivity contribution in [3.05, 3.63) is 12.2 Å². The van der Waals surface area contributed by atoms with Gasteiger partial charge in [-0.1, -0.05) is 303 Å². The first kappa shape index (κ1) is 67.1. The normalized spacial score (nSPS) is 12.0. The Kier molecular flexibility index (Phi) is 57.1. The van der Waals surface area contributed by atoms with Crippen molar-refractivity contribution in [2.75, 3.05) is 13.2 Å². The number of esters is 3. The van der Waals surface area contributed by atoms with E-state index >= 15 is 0 Å². The Bertz CT molecular complexity index is 1070. The number of hydrogen-bond donors (Lipinski definition) is 0. The van der Waals surface area contributed by atoms with Crippen LogP contribution in [0.25, 0.3) is 0 Å². The number of carbonyl (C=O) groups excluding carboxylic acids is 3. The first-order valence-electron chi connectivity index (χ1n) is 31.2. The van der Waals surface area contributed by atoms with Crippen molar-refractivity contribution in [2.24, 2.45) is 0 Å². The minimum absolute atomic E-state index is 0.0642. The molecule has 0 saturated heterocycles. The Morgan fingerprint density at radius 1 is 0.275 bits per heavy atom. The van der Waals surface area contributed by atoms with Crippen molar-refractivity contribution in [2.45, 2.75) is 361 Å². The van der Waals surface area contributed by atoms with Gasteiger partial charge in [0.1, 0.15) is 13.2 Å². The van der Waals surface area contributed by atoms with E-state index in [9.17, 15) is 14.4 Å². The molecule has 1 atom stereocenters. The molecular formula is C63H120O6. The average Bonchev–Trinajstić information content (AvgIpc) is 3.35. The van der Waals surface area contributed by atoms with Crippen LogP contribution in [0.5, 0.6) is 0 Å². The van der Waals surface area contributed by atoms with Gasteiger partial charge in [-0.3, -0.25) is 14.4 Å². The summed E-state index contributed by atoms with van der Waals surface area (Å²) in [5.41, 5.74) is 0. The van der Waals surface area contributed by atoms with Crippen LogP contribution in [0.15, 0.2) is 12.2 Å². The van der Waals surface area contributed by atoms with E-state index < -0.39 is 6.10 Å². The average molecular weight is 974 g/mol. The van der Waals surface area contributed by atoms with Crippen LogP contribution in [-0.2, 0) is 28.6 Å². The van der Waals surface area contributed by atoms with Gasteiger partial charge in [-0.25, -0.2) is 0 Å². The van der Waals surface area contributed by atoms with E-state index in [1.165, 1.54) is 257 Å². The zero-order valence-electron chi connectivity index (χ0n) is 46.9. The lowest BCUT2D eigenvalue weighted by Crippen LogP contribution is -2.30. The topological polar surface area (TPSA) is 78.9 Å². The predicted octanol–water partition coefficient (Wildman–Crippen LogP) is 20.9. The van der Waals surface area contributed by atoms with Gasteiger partial charge in [0, 0.05) is 19.3 Å². The van der Waals surface area contributed by atoms with Crippen LogP contribution in [0.4, 0.5) is 0 Å². The second kappa shape index (κ2) is 58.7. The van der Waals surface area contributed by atoms with Gasteiger partial charge >= 0.3 is 17.9 Å². The Balaban J connectivity index is 4.07. The second-order valence-corrected chi connectivity index (χ2v) is 21.3. The molecule has 0 aliphatic heterocycles. The molecule has 0 aromatic heterocycles. The third kappa shape index (κ3) is 56.9. The van der Waals surface area contributed by atoms with Gasteiger partial charge in [-0.05, 0) is 44.9 Å².